The smallest absolute Gasteiger partial charge is 0.125 e. The number of aryl methyl sites for hydroxylation is 1. The van der Waals surface area contributed by atoms with Crippen molar-refractivity contribution < 1.29 is 4.57 Å². The molecule has 0 aliphatic rings. The zero-order valence-corrected chi connectivity index (χ0v) is 9.95. The Morgan fingerprint density at radius 1 is 1.27 bits per heavy atom. The molecule has 78 valence electrons. The number of aromatic nitrogens is 2. The molecule has 2 rings (SSSR count). The molecular formula is C11H13N2OP. The van der Waals surface area contributed by atoms with Crippen LogP contribution in [0.15, 0.2) is 24.4 Å². The van der Waals surface area contributed by atoms with Crippen molar-refractivity contribution in [3.63, 3.8) is 0 Å². The second-order valence-electron chi connectivity index (χ2n) is 4.01. The molecule has 0 spiro atoms. The van der Waals surface area contributed by atoms with E-state index in [2.05, 4.69) is 9.97 Å². The Labute approximate surface area is 88.9 Å². The van der Waals surface area contributed by atoms with Crippen LogP contribution < -0.4 is 5.30 Å². The van der Waals surface area contributed by atoms with Gasteiger partial charge in [-0.05, 0) is 38.5 Å². The minimum absolute atomic E-state index is 0.756. The van der Waals surface area contributed by atoms with E-state index in [1.165, 1.54) is 0 Å². The summed E-state index contributed by atoms with van der Waals surface area (Å²) in [5.41, 5.74) is 0.903. The monoisotopic (exact) mass is 220 g/mol. The van der Waals surface area contributed by atoms with Gasteiger partial charge in [-0.2, -0.15) is 0 Å². The SMILES string of the molecule is Cc1ncc2cc(P(C)(C)=O)ccc2n1. The summed E-state index contributed by atoms with van der Waals surface area (Å²) < 4.78 is 11.9. The molecule has 3 nitrogen and oxygen atoms in total. The average molecular weight is 220 g/mol. The molecule has 4 heteroatoms. The lowest BCUT2D eigenvalue weighted by molar-refractivity contribution is 0.588. The van der Waals surface area contributed by atoms with Gasteiger partial charge in [0.2, 0.25) is 0 Å². The molecule has 0 unspecified atom stereocenters. The van der Waals surface area contributed by atoms with Gasteiger partial charge in [0.25, 0.3) is 0 Å². The fraction of sp³-hybridized carbons (Fsp3) is 0.273. The van der Waals surface area contributed by atoms with Crippen molar-refractivity contribution in [3.05, 3.63) is 30.2 Å². The van der Waals surface area contributed by atoms with Gasteiger partial charge in [0, 0.05) is 16.9 Å². The van der Waals surface area contributed by atoms with Gasteiger partial charge in [-0.15, -0.1) is 0 Å². The third kappa shape index (κ3) is 2.07. The van der Waals surface area contributed by atoms with Crippen LogP contribution >= 0.6 is 7.14 Å². The van der Waals surface area contributed by atoms with Gasteiger partial charge in [-0.25, -0.2) is 9.97 Å². The van der Waals surface area contributed by atoms with E-state index in [-0.39, 0.29) is 0 Å². The molecule has 1 aromatic carbocycles. The van der Waals surface area contributed by atoms with Crippen LogP contribution in [0.3, 0.4) is 0 Å². The second-order valence-corrected chi connectivity index (χ2v) is 7.23. The van der Waals surface area contributed by atoms with Crippen molar-refractivity contribution in [2.75, 3.05) is 13.3 Å². The summed E-state index contributed by atoms with van der Waals surface area (Å²) in [7, 11) is -2.19. The molecule has 0 N–H and O–H groups in total. The number of hydrogen-bond acceptors (Lipinski definition) is 3. The van der Waals surface area contributed by atoms with Crippen molar-refractivity contribution in [1.82, 2.24) is 9.97 Å². The molecule has 2 aromatic rings. The molecule has 0 amide bonds. The maximum Gasteiger partial charge on any atom is 0.125 e. The summed E-state index contributed by atoms with van der Waals surface area (Å²) in [5, 5.41) is 1.82. The minimum Gasteiger partial charge on any atom is -0.319 e. The molecule has 0 radical (unpaired) electrons. The van der Waals surface area contributed by atoms with Crippen LogP contribution in [0, 0.1) is 6.92 Å². The summed E-state index contributed by atoms with van der Waals surface area (Å²) in [6.45, 7) is 5.39. The molecule has 0 saturated carbocycles. The van der Waals surface area contributed by atoms with E-state index in [0.29, 0.717) is 0 Å². The zero-order valence-electron chi connectivity index (χ0n) is 9.06. The van der Waals surface area contributed by atoms with Crippen LogP contribution in [0.2, 0.25) is 0 Å². The number of nitrogens with zero attached hydrogens (tertiary/aromatic N) is 2. The maximum atomic E-state index is 11.9. The van der Waals surface area contributed by atoms with Crippen molar-refractivity contribution in [2.45, 2.75) is 6.92 Å². The number of rotatable bonds is 1. The summed E-state index contributed by atoms with van der Waals surface area (Å²) in [6.07, 6.45) is 1.77. The van der Waals surface area contributed by atoms with E-state index < -0.39 is 7.14 Å². The van der Waals surface area contributed by atoms with Gasteiger partial charge in [0.05, 0.1) is 5.52 Å². The van der Waals surface area contributed by atoms with Crippen molar-refractivity contribution in [3.8, 4) is 0 Å². The van der Waals surface area contributed by atoms with Crippen LogP contribution in [0.4, 0.5) is 0 Å². The van der Waals surface area contributed by atoms with Crippen LogP contribution in [-0.4, -0.2) is 23.3 Å². The zero-order chi connectivity index (χ0) is 11.1. The summed E-state index contributed by atoms with van der Waals surface area (Å²) in [6, 6.07) is 5.70. The maximum absolute atomic E-state index is 11.9. The number of fused-ring (bicyclic) bond motifs is 1. The first kappa shape index (κ1) is 10.3. The quantitative estimate of drug-likeness (QED) is 0.692. The molecule has 0 aliphatic heterocycles. The first-order chi connectivity index (χ1) is 6.97. The van der Waals surface area contributed by atoms with Crippen molar-refractivity contribution in [1.29, 1.82) is 0 Å². The van der Waals surface area contributed by atoms with Crippen molar-refractivity contribution in [2.24, 2.45) is 0 Å². The molecule has 0 saturated heterocycles. The molecule has 0 fully saturated rings. The molecule has 0 aliphatic carbocycles. The highest BCUT2D eigenvalue weighted by molar-refractivity contribution is 7.70. The normalized spacial score (nSPS) is 11.9. The lowest BCUT2D eigenvalue weighted by Gasteiger charge is -2.07. The van der Waals surface area contributed by atoms with E-state index in [9.17, 15) is 4.57 Å². The van der Waals surface area contributed by atoms with E-state index in [4.69, 9.17) is 0 Å². The number of benzene rings is 1. The minimum atomic E-state index is -2.19. The standard InChI is InChI=1S/C11H13N2OP/c1-8-12-7-9-6-10(15(2,3)14)4-5-11(9)13-8/h4-7H,1-3H3. The second kappa shape index (κ2) is 3.42. The van der Waals surface area contributed by atoms with Crippen LogP contribution in [0.5, 0.6) is 0 Å². The van der Waals surface area contributed by atoms with E-state index in [0.717, 1.165) is 22.0 Å². The fourth-order valence-electron chi connectivity index (χ4n) is 1.45. The van der Waals surface area contributed by atoms with Gasteiger partial charge in [-0.3, -0.25) is 0 Å². The number of hydrogen-bond donors (Lipinski definition) is 0. The van der Waals surface area contributed by atoms with Gasteiger partial charge >= 0.3 is 0 Å². The predicted molar refractivity (Wildman–Crippen MR) is 63.4 cm³/mol. The first-order valence-corrected chi connectivity index (χ1v) is 7.36. The van der Waals surface area contributed by atoms with Gasteiger partial charge in [0.15, 0.2) is 0 Å². The van der Waals surface area contributed by atoms with Gasteiger partial charge in [-0.1, -0.05) is 0 Å². The Bertz CT molecular complexity index is 560. The summed E-state index contributed by atoms with van der Waals surface area (Å²) in [5.74, 6) is 0.756. The Balaban J connectivity index is 2.67. The Hall–Kier alpha value is -1.21. The fourth-order valence-corrected chi connectivity index (χ4v) is 2.33. The highest BCUT2D eigenvalue weighted by Crippen LogP contribution is 2.35. The van der Waals surface area contributed by atoms with Crippen LogP contribution in [-0.2, 0) is 4.57 Å². The highest BCUT2D eigenvalue weighted by atomic mass is 31.2. The van der Waals surface area contributed by atoms with Gasteiger partial charge < -0.3 is 4.57 Å². The largest absolute Gasteiger partial charge is 0.319 e. The van der Waals surface area contributed by atoms with Gasteiger partial charge in [0.1, 0.15) is 13.0 Å². The Kier molecular flexibility index (Phi) is 2.35. The van der Waals surface area contributed by atoms with Crippen LogP contribution in [0.1, 0.15) is 5.82 Å². The lowest BCUT2D eigenvalue weighted by atomic mass is 10.2. The first-order valence-electron chi connectivity index (χ1n) is 4.76. The molecule has 15 heavy (non-hydrogen) atoms. The molecular weight excluding hydrogens is 207 g/mol. The topological polar surface area (TPSA) is 42.9 Å². The third-order valence-corrected chi connectivity index (χ3v) is 3.83. The third-order valence-electron chi connectivity index (χ3n) is 2.31. The molecule has 1 heterocycles. The summed E-state index contributed by atoms with van der Waals surface area (Å²) in [4.78, 5) is 8.43. The molecule has 0 bridgehead atoms. The predicted octanol–water partition coefficient (Wildman–Crippen LogP) is 2.19. The Morgan fingerprint density at radius 2 is 2.00 bits per heavy atom. The van der Waals surface area contributed by atoms with Crippen molar-refractivity contribution >= 4 is 23.3 Å². The van der Waals surface area contributed by atoms with E-state index in [1.807, 2.05) is 25.1 Å². The summed E-state index contributed by atoms with van der Waals surface area (Å²) >= 11 is 0. The van der Waals surface area contributed by atoms with E-state index >= 15 is 0 Å². The van der Waals surface area contributed by atoms with E-state index in [1.54, 1.807) is 19.5 Å². The Morgan fingerprint density at radius 3 is 2.67 bits per heavy atom. The lowest BCUT2D eigenvalue weighted by Crippen LogP contribution is -2.02. The molecule has 1 aromatic heterocycles. The average Bonchev–Trinajstić information content (AvgIpc) is 2.15. The van der Waals surface area contributed by atoms with Crippen LogP contribution in [0.25, 0.3) is 10.9 Å². The molecule has 0 atom stereocenters. The highest BCUT2D eigenvalue weighted by Gasteiger charge is 2.11.